The third-order valence-electron chi connectivity index (χ3n) is 3.76. The van der Waals surface area contributed by atoms with E-state index >= 15 is 0 Å². The fraction of sp³-hybridized carbons (Fsp3) is 0.929. The van der Waals surface area contributed by atoms with Gasteiger partial charge in [0, 0.05) is 6.61 Å². The minimum Gasteiger partial charge on any atom is -0.458 e. The number of carbonyl (C=O) groups is 1. The highest BCUT2D eigenvalue weighted by Crippen LogP contribution is 2.35. The summed E-state index contributed by atoms with van der Waals surface area (Å²) in [4.78, 5) is 11.7. The molecule has 1 fully saturated rings. The number of aliphatic hydroxyl groups is 1. The first kappa shape index (κ1) is 15.4. The normalized spacial score (nSPS) is 30.2. The lowest BCUT2D eigenvalue weighted by molar-refractivity contribution is -0.193. The minimum atomic E-state index is -1.44. The molecular formula is C14H26O4. The van der Waals surface area contributed by atoms with Crippen molar-refractivity contribution in [1.29, 1.82) is 0 Å². The summed E-state index contributed by atoms with van der Waals surface area (Å²) in [6, 6.07) is 0. The van der Waals surface area contributed by atoms with Gasteiger partial charge in [-0.05, 0) is 37.5 Å². The molecule has 0 aromatic rings. The van der Waals surface area contributed by atoms with Gasteiger partial charge >= 0.3 is 5.97 Å². The molecule has 0 aromatic carbocycles. The molecule has 0 unspecified atom stereocenters. The molecule has 0 spiro atoms. The van der Waals surface area contributed by atoms with Gasteiger partial charge in [-0.1, -0.05) is 27.2 Å². The van der Waals surface area contributed by atoms with Gasteiger partial charge in [-0.15, -0.1) is 0 Å². The molecule has 4 heteroatoms. The predicted molar refractivity (Wildman–Crippen MR) is 68.9 cm³/mol. The Morgan fingerprint density at radius 3 is 2.61 bits per heavy atom. The summed E-state index contributed by atoms with van der Waals surface area (Å²) in [6.07, 6.45) is 1.62. The fourth-order valence-electron chi connectivity index (χ4n) is 2.68. The van der Waals surface area contributed by atoms with E-state index in [2.05, 4.69) is 20.8 Å². The Labute approximate surface area is 110 Å². The van der Waals surface area contributed by atoms with E-state index in [9.17, 15) is 9.90 Å². The van der Waals surface area contributed by atoms with Gasteiger partial charge in [0.1, 0.15) is 6.10 Å². The first-order chi connectivity index (χ1) is 8.45. The van der Waals surface area contributed by atoms with Crippen molar-refractivity contribution in [3.8, 4) is 0 Å². The topological polar surface area (TPSA) is 55.8 Å². The molecule has 18 heavy (non-hydrogen) atoms. The van der Waals surface area contributed by atoms with Crippen LogP contribution in [0.25, 0.3) is 0 Å². The van der Waals surface area contributed by atoms with Crippen LogP contribution < -0.4 is 0 Å². The van der Waals surface area contributed by atoms with Gasteiger partial charge < -0.3 is 14.6 Å². The molecule has 4 atom stereocenters. The van der Waals surface area contributed by atoms with E-state index in [4.69, 9.17) is 9.47 Å². The van der Waals surface area contributed by atoms with E-state index in [-0.39, 0.29) is 6.10 Å². The van der Waals surface area contributed by atoms with Crippen LogP contribution in [0.5, 0.6) is 0 Å². The molecule has 4 nitrogen and oxygen atoms in total. The van der Waals surface area contributed by atoms with Gasteiger partial charge in [0.05, 0.1) is 0 Å². The van der Waals surface area contributed by atoms with E-state index in [0.717, 1.165) is 12.8 Å². The van der Waals surface area contributed by atoms with Crippen LogP contribution in [0.2, 0.25) is 0 Å². The van der Waals surface area contributed by atoms with E-state index in [1.807, 2.05) is 0 Å². The first-order valence-electron chi connectivity index (χ1n) is 6.95. The standard InChI is InChI=1S/C14H26O4/c1-5-17-13(15)14(16)18-12-8-10(4)6-7-11(12)9(2)3/h9-13,15H,5-8H2,1-4H3/t10-,11+,12-,13+/m1/s1. The molecule has 106 valence electrons. The Bertz CT molecular complexity index is 265. The van der Waals surface area contributed by atoms with Crippen LogP contribution in [-0.4, -0.2) is 30.1 Å². The summed E-state index contributed by atoms with van der Waals surface area (Å²) in [5, 5.41) is 9.44. The van der Waals surface area contributed by atoms with Gasteiger partial charge in [-0.3, -0.25) is 0 Å². The van der Waals surface area contributed by atoms with Crippen LogP contribution in [0, 0.1) is 17.8 Å². The SMILES string of the molecule is CCO[C@H](O)C(=O)O[C@@H]1C[C@H](C)CC[C@H]1C(C)C. The maximum atomic E-state index is 11.7. The highest BCUT2D eigenvalue weighted by molar-refractivity contribution is 5.73. The Morgan fingerprint density at radius 1 is 1.39 bits per heavy atom. The molecule has 0 radical (unpaired) electrons. The van der Waals surface area contributed by atoms with Crippen molar-refractivity contribution < 1.29 is 19.4 Å². The lowest BCUT2D eigenvalue weighted by Crippen LogP contribution is -2.39. The van der Waals surface area contributed by atoms with Gasteiger partial charge in [-0.2, -0.15) is 0 Å². The fourth-order valence-corrected chi connectivity index (χ4v) is 2.68. The second kappa shape index (κ2) is 7.10. The maximum Gasteiger partial charge on any atom is 0.363 e. The van der Waals surface area contributed by atoms with Crippen molar-refractivity contribution in [1.82, 2.24) is 0 Å². The number of esters is 1. The van der Waals surface area contributed by atoms with Crippen molar-refractivity contribution in [2.75, 3.05) is 6.61 Å². The zero-order valence-electron chi connectivity index (χ0n) is 11.9. The second-order valence-electron chi connectivity index (χ2n) is 5.61. The molecule has 0 aromatic heterocycles. The van der Waals surface area contributed by atoms with E-state index in [0.29, 0.717) is 24.4 Å². The third kappa shape index (κ3) is 4.25. The molecule has 1 N–H and O–H groups in total. The number of ether oxygens (including phenoxy) is 2. The number of hydrogen-bond acceptors (Lipinski definition) is 4. The first-order valence-corrected chi connectivity index (χ1v) is 6.95. The van der Waals surface area contributed by atoms with Gasteiger partial charge in [0.2, 0.25) is 0 Å². The summed E-state index contributed by atoms with van der Waals surface area (Å²) in [7, 11) is 0. The Kier molecular flexibility index (Phi) is 6.09. The average Bonchev–Trinajstić information content (AvgIpc) is 2.28. The van der Waals surface area contributed by atoms with Crippen LogP contribution >= 0.6 is 0 Å². The molecule has 1 aliphatic carbocycles. The number of carbonyl (C=O) groups excluding carboxylic acids is 1. The Balaban J connectivity index is 2.57. The van der Waals surface area contributed by atoms with E-state index < -0.39 is 12.3 Å². The lowest BCUT2D eigenvalue weighted by Gasteiger charge is -2.36. The maximum absolute atomic E-state index is 11.7. The number of aliphatic hydroxyl groups excluding tert-OH is 1. The average molecular weight is 258 g/mol. The highest BCUT2D eigenvalue weighted by Gasteiger charge is 2.34. The molecule has 0 saturated heterocycles. The van der Waals surface area contributed by atoms with Crippen LogP contribution in [0.15, 0.2) is 0 Å². The minimum absolute atomic E-state index is 0.0867. The van der Waals surface area contributed by atoms with Crippen molar-refractivity contribution >= 4 is 5.97 Å². The van der Waals surface area contributed by atoms with E-state index in [1.165, 1.54) is 6.42 Å². The Morgan fingerprint density at radius 2 is 2.06 bits per heavy atom. The van der Waals surface area contributed by atoms with E-state index in [1.54, 1.807) is 6.92 Å². The lowest BCUT2D eigenvalue weighted by atomic mass is 9.75. The zero-order valence-corrected chi connectivity index (χ0v) is 11.9. The van der Waals surface area contributed by atoms with Crippen LogP contribution in [-0.2, 0) is 14.3 Å². The molecule has 0 bridgehead atoms. The number of hydrogen-bond donors (Lipinski definition) is 1. The zero-order chi connectivity index (χ0) is 13.7. The highest BCUT2D eigenvalue weighted by atomic mass is 16.7. The van der Waals surface area contributed by atoms with Crippen molar-refractivity contribution in [3.05, 3.63) is 0 Å². The predicted octanol–water partition coefficient (Wildman–Crippen LogP) is 2.35. The van der Waals surface area contributed by atoms with Crippen LogP contribution in [0.1, 0.15) is 47.0 Å². The van der Waals surface area contributed by atoms with Gasteiger partial charge in [-0.25, -0.2) is 4.79 Å². The molecule has 0 amide bonds. The van der Waals surface area contributed by atoms with Crippen molar-refractivity contribution in [3.63, 3.8) is 0 Å². The largest absolute Gasteiger partial charge is 0.458 e. The smallest absolute Gasteiger partial charge is 0.363 e. The summed E-state index contributed by atoms with van der Waals surface area (Å²) in [6.45, 7) is 8.51. The second-order valence-corrected chi connectivity index (χ2v) is 5.61. The molecule has 0 aliphatic heterocycles. The summed E-state index contributed by atoms with van der Waals surface area (Å²) >= 11 is 0. The molecular weight excluding hydrogens is 232 g/mol. The van der Waals surface area contributed by atoms with Gasteiger partial charge in [0.25, 0.3) is 6.29 Å². The van der Waals surface area contributed by atoms with Crippen molar-refractivity contribution in [2.24, 2.45) is 17.8 Å². The monoisotopic (exact) mass is 258 g/mol. The molecule has 0 heterocycles. The summed E-state index contributed by atoms with van der Waals surface area (Å²) < 4.78 is 10.3. The van der Waals surface area contributed by atoms with Crippen molar-refractivity contribution in [2.45, 2.75) is 59.4 Å². The number of rotatable bonds is 5. The summed E-state index contributed by atoms with van der Waals surface area (Å²) in [5.74, 6) is 0.794. The third-order valence-corrected chi connectivity index (χ3v) is 3.76. The van der Waals surface area contributed by atoms with Crippen LogP contribution in [0.4, 0.5) is 0 Å². The molecule has 1 rings (SSSR count). The molecule has 1 saturated carbocycles. The molecule has 1 aliphatic rings. The Hall–Kier alpha value is -0.610. The van der Waals surface area contributed by atoms with Gasteiger partial charge in [0.15, 0.2) is 0 Å². The van der Waals surface area contributed by atoms with Crippen LogP contribution in [0.3, 0.4) is 0 Å². The summed E-state index contributed by atoms with van der Waals surface area (Å²) in [5.41, 5.74) is 0. The quantitative estimate of drug-likeness (QED) is 0.607.